The molecule has 0 aliphatic heterocycles. The van der Waals surface area contributed by atoms with E-state index in [9.17, 15) is 4.79 Å². The molecule has 0 fully saturated rings. The van der Waals surface area contributed by atoms with Gasteiger partial charge in [-0.25, -0.2) is 4.98 Å². The predicted molar refractivity (Wildman–Crippen MR) is 83.4 cm³/mol. The van der Waals surface area contributed by atoms with Crippen molar-refractivity contribution in [2.75, 3.05) is 5.73 Å². The van der Waals surface area contributed by atoms with E-state index in [2.05, 4.69) is 25.5 Å². The highest BCUT2D eigenvalue weighted by Gasteiger charge is 2.15. The fourth-order valence-electron chi connectivity index (χ4n) is 2.47. The van der Waals surface area contributed by atoms with Gasteiger partial charge in [-0.15, -0.1) is 5.10 Å². The summed E-state index contributed by atoms with van der Waals surface area (Å²) >= 11 is 0. The van der Waals surface area contributed by atoms with Crippen molar-refractivity contribution in [3.63, 3.8) is 0 Å². The Morgan fingerprint density at radius 1 is 1.35 bits per heavy atom. The summed E-state index contributed by atoms with van der Waals surface area (Å²) in [5, 5.41) is 11.0. The van der Waals surface area contributed by atoms with Crippen molar-refractivity contribution in [1.82, 2.24) is 34.7 Å². The zero-order chi connectivity index (χ0) is 16.6. The van der Waals surface area contributed by atoms with E-state index >= 15 is 0 Å². The Kier molecular flexibility index (Phi) is 3.68. The molecule has 3 N–H and O–H groups in total. The smallest absolute Gasteiger partial charge is 0.254 e. The number of fused-ring (bicyclic) bond motifs is 1. The number of nitrogens with two attached hydrogens (primary N) is 1. The molecule has 1 amide bonds. The lowest BCUT2D eigenvalue weighted by atomic mass is 10.1. The number of aryl methyl sites for hydroxylation is 3. The van der Waals surface area contributed by atoms with Gasteiger partial charge in [-0.05, 0) is 13.8 Å². The summed E-state index contributed by atoms with van der Waals surface area (Å²) in [6.45, 7) is 4.16. The number of amides is 1. The van der Waals surface area contributed by atoms with Crippen LogP contribution in [0, 0.1) is 13.8 Å². The van der Waals surface area contributed by atoms with E-state index in [1.807, 2.05) is 27.1 Å². The van der Waals surface area contributed by atoms with Crippen molar-refractivity contribution < 1.29 is 4.79 Å². The summed E-state index contributed by atoms with van der Waals surface area (Å²) in [5.41, 5.74) is 8.94. The van der Waals surface area contributed by atoms with Gasteiger partial charge in [0.1, 0.15) is 0 Å². The van der Waals surface area contributed by atoms with Crippen molar-refractivity contribution in [3.05, 3.63) is 34.9 Å². The summed E-state index contributed by atoms with van der Waals surface area (Å²) < 4.78 is 3.26. The van der Waals surface area contributed by atoms with Gasteiger partial charge in [-0.2, -0.15) is 14.6 Å². The molecule has 0 aromatic carbocycles. The average Bonchev–Trinajstić information content (AvgIpc) is 3.06. The molecule has 0 radical (unpaired) electrons. The monoisotopic (exact) mass is 314 g/mol. The molecule has 0 saturated heterocycles. The van der Waals surface area contributed by atoms with Crippen LogP contribution in [-0.2, 0) is 24.8 Å². The third-order valence-corrected chi connectivity index (χ3v) is 3.65. The third-order valence-electron chi connectivity index (χ3n) is 3.65. The SMILES string of the molecule is Cc1nc2nc(N)nn2c(C)c1CC(=O)NCc1cnn(C)c1. The van der Waals surface area contributed by atoms with E-state index in [-0.39, 0.29) is 18.3 Å². The Morgan fingerprint density at radius 3 is 2.83 bits per heavy atom. The minimum absolute atomic E-state index is 0.0886. The molecule has 0 unspecified atom stereocenters. The maximum Gasteiger partial charge on any atom is 0.254 e. The Balaban J connectivity index is 1.76. The summed E-state index contributed by atoms with van der Waals surface area (Å²) in [4.78, 5) is 20.6. The summed E-state index contributed by atoms with van der Waals surface area (Å²) in [6.07, 6.45) is 3.81. The molecule has 0 aliphatic carbocycles. The van der Waals surface area contributed by atoms with Crippen LogP contribution in [0.4, 0.5) is 5.95 Å². The second-order valence-electron chi connectivity index (χ2n) is 5.42. The number of carbonyl (C=O) groups is 1. The minimum atomic E-state index is -0.0886. The van der Waals surface area contributed by atoms with Crippen LogP contribution in [0.1, 0.15) is 22.5 Å². The molecule has 0 atom stereocenters. The Hall–Kier alpha value is -2.97. The van der Waals surface area contributed by atoms with E-state index in [0.29, 0.717) is 12.3 Å². The lowest BCUT2D eigenvalue weighted by molar-refractivity contribution is -0.120. The van der Waals surface area contributed by atoms with E-state index in [4.69, 9.17) is 5.73 Å². The van der Waals surface area contributed by atoms with Gasteiger partial charge in [0.2, 0.25) is 11.9 Å². The normalized spacial score (nSPS) is 11.1. The number of aromatic nitrogens is 6. The Morgan fingerprint density at radius 2 is 2.13 bits per heavy atom. The molecule has 23 heavy (non-hydrogen) atoms. The molecule has 3 aromatic heterocycles. The molecule has 0 spiro atoms. The molecular formula is C14H18N8O. The molecule has 3 aromatic rings. The summed E-state index contributed by atoms with van der Waals surface area (Å²) in [7, 11) is 1.84. The van der Waals surface area contributed by atoms with Gasteiger partial charge in [-0.3, -0.25) is 9.48 Å². The van der Waals surface area contributed by atoms with Crippen LogP contribution in [0.25, 0.3) is 5.78 Å². The number of carbonyl (C=O) groups excluding carboxylic acids is 1. The van der Waals surface area contributed by atoms with Gasteiger partial charge >= 0.3 is 0 Å². The van der Waals surface area contributed by atoms with Gasteiger partial charge < -0.3 is 11.1 Å². The molecule has 3 rings (SSSR count). The fourth-order valence-corrected chi connectivity index (χ4v) is 2.47. The first-order chi connectivity index (χ1) is 10.9. The maximum absolute atomic E-state index is 12.2. The van der Waals surface area contributed by atoms with Gasteiger partial charge in [0.25, 0.3) is 5.78 Å². The van der Waals surface area contributed by atoms with Crippen molar-refractivity contribution >= 4 is 17.6 Å². The zero-order valence-corrected chi connectivity index (χ0v) is 13.2. The van der Waals surface area contributed by atoms with Gasteiger partial charge in [0, 0.05) is 42.3 Å². The van der Waals surface area contributed by atoms with Crippen LogP contribution in [0.15, 0.2) is 12.4 Å². The molecule has 0 saturated carbocycles. The Labute approximate surface area is 132 Å². The van der Waals surface area contributed by atoms with E-state index in [0.717, 1.165) is 22.5 Å². The van der Waals surface area contributed by atoms with Crippen LogP contribution >= 0.6 is 0 Å². The zero-order valence-electron chi connectivity index (χ0n) is 13.2. The number of rotatable bonds is 4. The highest BCUT2D eigenvalue weighted by atomic mass is 16.1. The highest BCUT2D eigenvalue weighted by molar-refractivity contribution is 5.79. The highest BCUT2D eigenvalue weighted by Crippen LogP contribution is 2.14. The Bertz CT molecular complexity index is 878. The summed E-state index contributed by atoms with van der Waals surface area (Å²) in [6, 6.07) is 0. The largest absolute Gasteiger partial charge is 0.366 e. The van der Waals surface area contributed by atoms with Crippen LogP contribution in [0.5, 0.6) is 0 Å². The lowest BCUT2D eigenvalue weighted by Gasteiger charge is -2.10. The van der Waals surface area contributed by atoms with Gasteiger partial charge in [0.05, 0.1) is 12.6 Å². The van der Waals surface area contributed by atoms with Crippen LogP contribution in [0.2, 0.25) is 0 Å². The quantitative estimate of drug-likeness (QED) is 0.695. The number of hydrogen-bond acceptors (Lipinski definition) is 6. The van der Waals surface area contributed by atoms with Crippen molar-refractivity contribution in [2.45, 2.75) is 26.8 Å². The first-order valence-corrected chi connectivity index (χ1v) is 7.16. The van der Waals surface area contributed by atoms with Gasteiger partial charge in [-0.1, -0.05) is 0 Å². The predicted octanol–water partition coefficient (Wildman–Crippen LogP) is -0.0843. The van der Waals surface area contributed by atoms with Crippen LogP contribution in [0.3, 0.4) is 0 Å². The molecule has 0 bridgehead atoms. The molecule has 9 heteroatoms. The summed E-state index contributed by atoms with van der Waals surface area (Å²) in [5.74, 6) is 0.518. The van der Waals surface area contributed by atoms with Crippen molar-refractivity contribution in [1.29, 1.82) is 0 Å². The molecule has 3 heterocycles. The van der Waals surface area contributed by atoms with E-state index in [1.165, 1.54) is 0 Å². The number of nitrogens with one attached hydrogen (secondary N) is 1. The van der Waals surface area contributed by atoms with Gasteiger partial charge in [0.15, 0.2) is 0 Å². The second-order valence-corrected chi connectivity index (χ2v) is 5.42. The fraction of sp³-hybridized carbons (Fsp3) is 0.357. The van der Waals surface area contributed by atoms with Crippen molar-refractivity contribution in [3.8, 4) is 0 Å². The third kappa shape index (κ3) is 2.98. The average molecular weight is 314 g/mol. The molecular weight excluding hydrogens is 296 g/mol. The van der Waals surface area contributed by atoms with E-state index in [1.54, 1.807) is 15.4 Å². The maximum atomic E-state index is 12.2. The number of nitrogen functional groups attached to an aromatic ring is 1. The lowest BCUT2D eigenvalue weighted by Crippen LogP contribution is -2.25. The number of anilines is 1. The van der Waals surface area contributed by atoms with Crippen LogP contribution < -0.4 is 11.1 Å². The topological polar surface area (TPSA) is 116 Å². The first-order valence-electron chi connectivity index (χ1n) is 7.16. The standard InChI is InChI=1S/C14H18N8O/c1-8-11(9(2)22-14(18-8)19-13(15)20-22)4-12(23)16-5-10-6-17-21(3)7-10/h6-7H,4-5H2,1-3H3,(H2,15,20)(H,16,23). The number of hydrogen-bond donors (Lipinski definition) is 2. The molecule has 120 valence electrons. The molecule has 0 aliphatic rings. The minimum Gasteiger partial charge on any atom is -0.366 e. The van der Waals surface area contributed by atoms with E-state index < -0.39 is 0 Å². The van der Waals surface area contributed by atoms with Crippen LogP contribution in [-0.4, -0.2) is 35.3 Å². The van der Waals surface area contributed by atoms with Crippen molar-refractivity contribution in [2.24, 2.45) is 7.05 Å². The second kappa shape index (κ2) is 5.67. The first kappa shape index (κ1) is 14.9. The number of nitrogens with zero attached hydrogens (tertiary/aromatic N) is 6. The molecule has 9 nitrogen and oxygen atoms in total.